The minimum Gasteiger partial charge on any atom is -0.473 e. The summed E-state index contributed by atoms with van der Waals surface area (Å²) in [6.07, 6.45) is 0. The molecule has 4 rings (SSSR count). The van der Waals surface area contributed by atoms with Gasteiger partial charge in [0.05, 0.1) is 11.4 Å². The Morgan fingerprint density at radius 3 is 2.46 bits per heavy atom. The van der Waals surface area contributed by atoms with Gasteiger partial charge in [-0.2, -0.15) is 10.2 Å². The molecule has 26 heavy (non-hydrogen) atoms. The highest BCUT2D eigenvalue weighted by Crippen LogP contribution is 2.33. The van der Waals surface area contributed by atoms with Gasteiger partial charge in [0.2, 0.25) is 0 Å². The van der Waals surface area contributed by atoms with Crippen molar-refractivity contribution in [1.29, 1.82) is 0 Å². The summed E-state index contributed by atoms with van der Waals surface area (Å²) in [6.45, 7) is 5.61. The van der Waals surface area contributed by atoms with Gasteiger partial charge in [-0.05, 0) is 55.8 Å². The van der Waals surface area contributed by atoms with Gasteiger partial charge in [0.25, 0.3) is 0 Å². The van der Waals surface area contributed by atoms with Crippen LogP contribution in [0.2, 0.25) is 0 Å². The number of fused-ring (bicyclic) bond motifs is 1. The molecule has 4 heteroatoms. The number of azo groups is 1. The molecular weight excluding hydrogens is 322 g/mol. The van der Waals surface area contributed by atoms with E-state index in [1.54, 1.807) is 0 Å². The third-order valence-electron chi connectivity index (χ3n) is 4.51. The topological polar surface area (TPSA) is 37.2 Å². The molecule has 1 heterocycles. The number of ether oxygens (including phenoxy) is 1. The van der Waals surface area contributed by atoms with Crippen molar-refractivity contribution in [3.05, 3.63) is 83.4 Å². The van der Waals surface area contributed by atoms with E-state index >= 15 is 0 Å². The van der Waals surface area contributed by atoms with E-state index in [2.05, 4.69) is 53.2 Å². The normalized spacial score (nSPS) is 13.5. The van der Waals surface area contributed by atoms with Crippen LogP contribution in [0.3, 0.4) is 0 Å². The summed E-state index contributed by atoms with van der Waals surface area (Å²) in [5.41, 5.74) is 6.54. The van der Waals surface area contributed by atoms with Crippen molar-refractivity contribution in [2.75, 3.05) is 11.6 Å². The van der Waals surface area contributed by atoms with Gasteiger partial charge in [-0.15, -0.1) is 0 Å². The number of hydrogen-bond donors (Lipinski definition) is 0. The van der Waals surface area contributed by atoms with Crippen molar-refractivity contribution in [2.45, 2.75) is 20.4 Å². The molecule has 0 unspecified atom stereocenters. The number of aryl methyl sites for hydroxylation is 2. The standard InChI is InChI=1S/C22H21N3O/c1-16-8-10-21(17(2)12-16)25-14-18-13-20(9-11-22(18)26-15-25)24-23-19-6-4-3-5-7-19/h3-13H,14-15H2,1-2H3. The van der Waals surface area contributed by atoms with Crippen LogP contribution in [0.5, 0.6) is 5.75 Å². The maximum Gasteiger partial charge on any atom is 0.161 e. The van der Waals surface area contributed by atoms with Crippen molar-refractivity contribution in [1.82, 2.24) is 0 Å². The predicted molar refractivity (Wildman–Crippen MR) is 105 cm³/mol. The van der Waals surface area contributed by atoms with Gasteiger partial charge >= 0.3 is 0 Å². The van der Waals surface area contributed by atoms with Crippen LogP contribution >= 0.6 is 0 Å². The van der Waals surface area contributed by atoms with Gasteiger partial charge in [-0.25, -0.2) is 0 Å². The molecule has 0 aliphatic carbocycles. The number of nitrogens with zero attached hydrogens (tertiary/aromatic N) is 3. The molecule has 1 aliphatic heterocycles. The highest BCUT2D eigenvalue weighted by Gasteiger charge is 2.19. The zero-order valence-electron chi connectivity index (χ0n) is 15.0. The van der Waals surface area contributed by atoms with Crippen LogP contribution in [0.4, 0.5) is 17.1 Å². The molecule has 0 saturated heterocycles. The van der Waals surface area contributed by atoms with Crippen LogP contribution in [-0.4, -0.2) is 6.73 Å². The summed E-state index contributed by atoms with van der Waals surface area (Å²) in [4.78, 5) is 2.25. The highest BCUT2D eigenvalue weighted by molar-refractivity contribution is 5.57. The Morgan fingerprint density at radius 1 is 0.846 bits per heavy atom. The molecule has 0 fully saturated rings. The second-order valence-corrected chi connectivity index (χ2v) is 6.59. The summed E-state index contributed by atoms with van der Waals surface area (Å²) in [5, 5.41) is 8.66. The zero-order chi connectivity index (χ0) is 17.9. The van der Waals surface area contributed by atoms with Gasteiger partial charge in [-0.3, -0.25) is 0 Å². The van der Waals surface area contributed by atoms with Gasteiger partial charge < -0.3 is 9.64 Å². The number of benzene rings is 3. The SMILES string of the molecule is Cc1ccc(N2COc3ccc(N=Nc4ccccc4)cc3C2)c(C)c1. The van der Waals surface area contributed by atoms with Crippen molar-refractivity contribution in [3.8, 4) is 5.75 Å². The Labute approximate surface area is 153 Å². The Kier molecular flexibility index (Phi) is 4.40. The van der Waals surface area contributed by atoms with Crippen molar-refractivity contribution >= 4 is 17.1 Å². The largest absolute Gasteiger partial charge is 0.473 e. The van der Waals surface area contributed by atoms with E-state index in [1.165, 1.54) is 16.8 Å². The molecular formula is C22H21N3O. The van der Waals surface area contributed by atoms with Gasteiger partial charge in [0.1, 0.15) is 5.75 Å². The molecule has 0 bridgehead atoms. The number of rotatable bonds is 3. The van der Waals surface area contributed by atoms with Crippen molar-refractivity contribution in [3.63, 3.8) is 0 Å². The van der Waals surface area contributed by atoms with E-state index in [-0.39, 0.29) is 0 Å². The molecule has 0 saturated carbocycles. The maximum atomic E-state index is 5.95. The second kappa shape index (κ2) is 7.00. The van der Waals surface area contributed by atoms with E-state index in [4.69, 9.17) is 4.74 Å². The highest BCUT2D eigenvalue weighted by atomic mass is 16.5. The quantitative estimate of drug-likeness (QED) is 0.541. The lowest BCUT2D eigenvalue weighted by Gasteiger charge is -2.32. The van der Waals surface area contributed by atoms with Crippen LogP contribution in [0.1, 0.15) is 16.7 Å². The first-order chi connectivity index (χ1) is 12.7. The van der Waals surface area contributed by atoms with Crippen molar-refractivity contribution < 1.29 is 4.74 Å². The first-order valence-corrected chi connectivity index (χ1v) is 8.74. The third-order valence-corrected chi connectivity index (χ3v) is 4.51. The van der Waals surface area contributed by atoms with Crippen LogP contribution < -0.4 is 9.64 Å². The van der Waals surface area contributed by atoms with Crippen molar-refractivity contribution in [2.24, 2.45) is 10.2 Å². The van der Waals surface area contributed by atoms with Crippen LogP contribution in [0.15, 0.2) is 77.0 Å². The lowest BCUT2D eigenvalue weighted by molar-refractivity contribution is 0.289. The summed E-state index contributed by atoms with van der Waals surface area (Å²) in [5.74, 6) is 0.921. The van der Waals surface area contributed by atoms with Gasteiger partial charge in [0.15, 0.2) is 6.73 Å². The number of hydrogen-bond acceptors (Lipinski definition) is 4. The first kappa shape index (κ1) is 16.3. The van der Waals surface area contributed by atoms with Gasteiger partial charge in [-0.1, -0.05) is 35.9 Å². The molecule has 130 valence electrons. The maximum absolute atomic E-state index is 5.95. The van der Waals surface area contributed by atoms with E-state index < -0.39 is 0 Å². The van der Waals surface area contributed by atoms with Gasteiger partial charge in [0, 0.05) is 17.8 Å². The summed E-state index contributed by atoms with van der Waals surface area (Å²) >= 11 is 0. The molecule has 0 aromatic heterocycles. The Bertz CT molecular complexity index is 951. The Balaban J connectivity index is 1.57. The predicted octanol–water partition coefficient (Wildman–Crippen LogP) is 6.08. The monoisotopic (exact) mass is 343 g/mol. The minimum atomic E-state index is 0.557. The van der Waals surface area contributed by atoms with E-state index in [0.29, 0.717) is 6.73 Å². The minimum absolute atomic E-state index is 0.557. The van der Waals surface area contributed by atoms with Crippen LogP contribution in [0, 0.1) is 13.8 Å². The average molecular weight is 343 g/mol. The van der Waals surface area contributed by atoms with Crippen LogP contribution in [0.25, 0.3) is 0 Å². The molecule has 4 nitrogen and oxygen atoms in total. The lowest BCUT2D eigenvalue weighted by Crippen LogP contribution is -2.32. The zero-order valence-corrected chi connectivity index (χ0v) is 15.0. The molecule has 0 amide bonds. The Morgan fingerprint density at radius 2 is 1.65 bits per heavy atom. The molecule has 1 aliphatic rings. The fourth-order valence-electron chi connectivity index (χ4n) is 3.22. The molecule has 0 spiro atoms. The number of anilines is 1. The summed E-state index contributed by atoms with van der Waals surface area (Å²) in [6, 6.07) is 22.2. The third kappa shape index (κ3) is 3.45. The molecule has 3 aromatic rings. The fraction of sp³-hybridized carbons (Fsp3) is 0.182. The molecule has 0 radical (unpaired) electrons. The average Bonchev–Trinajstić information content (AvgIpc) is 2.66. The van der Waals surface area contributed by atoms with E-state index in [9.17, 15) is 0 Å². The van der Waals surface area contributed by atoms with E-state index in [0.717, 1.165) is 29.2 Å². The second-order valence-electron chi connectivity index (χ2n) is 6.59. The van der Waals surface area contributed by atoms with Crippen LogP contribution in [-0.2, 0) is 6.54 Å². The molecule has 0 atom stereocenters. The van der Waals surface area contributed by atoms with E-state index in [1.807, 2.05) is 42.5 Å². The lowest BCUT2D eigenvalue weighted by atomic mass is 10.1. The fourth-order valence-corrected chi connectivity index (χ4v) is 3.22. The summed E-state index contributed by atoms with van der Waals surface area (Å²) in [7, 11) is 0. The first-order valence-electron chi connectivity index (χ1n) is 8.74. The molecule has 0 N–H and O–H groups in total. The Hall–Kier alpha value is -3.14. The smallest absolute Gasteiger partial charge is 0.161 e. The summed E-state index contributed by atoms with van der Waals surface area (Å²) < 4.78 is 5.95. The molecule has 3 aromatic carbocycles.